The molecule has 4 aliphatic rings. The molecule has 4 bridgehead atoms. The van der Waals surface area contributed by atoms with Gasteiger partial charge in [0, 0.05) is 11.4 Å². The summed E-state index contributed by atoms with van der Waals surface area (Å²) < 4.78 is 14.0. The summed E-state index contributed by atoms with van der Waals surface area (Å²) in [6.07, 6.45) is 6.45. The molecule has 2 N–H and O–H groups in total. The Bertz CT molecular complexity index is 640. The fraction of sp³-hybridized carbons (Fsp3) is 0.632. The lowest BCUT2D eigenvalue weighted by Gasteiger charge is -2.55. The number of hydrogen-bond acceptors (Lipinski definition) is 2. The van der Waals surface area contributed by atoms with Crippen LogP contribution in [0.2, 0.25) is 0 Å². The molecule has 0 aliphatic heterocycles. The predicted molar refractivity (Wildman–Crippen MR) is 100 cm³/mol. The van der Waals surface area contributed by atoms with E-state index in [-0.39, 0.29) is 5.66 Å². The second-order valence-electron chi connectivity index (χ2n) is 8.22. The van der Waals surface area contributed by atoms with E-state index in [0.29, 0.717) is 11.8 Å². The molecule has 1 atom stereocenters. The van der Waals surface area contributed by atoms with Crippen molar-refractivity contribution in [2.75, 3.05) is 5.09 Å². The molecule has 4 nitrogen and oxygen atoms in total. The molecular formula is C19H28N3OP. The maximum Gasteiger partial charge on any atom is 0.276 e. The number of nitrogens with one attached hydrogen (secondary N) is 2. The van der Waals surface area contributed by atoms with E-state index in [9.17, 15) is 4.57 Å². The first-order chi connectivity index (χ1) is 11.5. The topological polar surface area (TPSA) is 53.5 Å². The minimum atomic E-state index is -2.84. The zero-order chi connectivity index (χ0) is 16.7. The van der Waals surface area contributed by atoms with Crippen LogP contribution in [-0.4, -0.2) is 11.4 Å². The fourth-order valence-electron chi connectivity index (χ4n) is 5.54. The molecule has 0 aromatic heterocycles. The second kappa shape index (κ2) is 6.22. The maximum absolute atomic E-state index is 14.0. The van der Waals surface area contributed by atoms with Gasteiger partial charge in [-0.05, 0) is 81.8 Å². The van der Waals surface area contributed by atoms with Crippen LogP contribution in [0.1, 0.15) is 46.0 Å². The molecule has 0 amide bonds. The summed E-state index contributed by atoms with van der Waals surface area (Å²) in [6.45, 7) is 3.88. The van der Waals surface area contributed by atoms with Gasteiger partial charge in [-0.1, -0.05) is 18.2 Å². The number of anilines is 1. The van der Waals surface area contributed by atoms with E-state index >= 15 is 0 Å². The molecule has 5 rings (SSSR count). The molecule has 4 fully saturated rings. The van der Waals surface area contributed by atoms with Gasteiger partial charge in [0.1, 0.15) is 0 Å². The van der Waals surface area contributed by atoms with Gasteiger partial charge >= 0.3 is 0 Å². The van der Waals surface area contributed by atoms with Crippen molar-refractivity contribution in [3.05, 3.63) is 30.3 Å². The van der Waals surface area contributed by atoms with Crippen molar-refractivity contribution in [1.82, 2.24) is 5.20 Å². The zero-order valence-corrected chi connectivity index (χ0v) is 15.5. The van der Waals surface area contributed by atoms with Crippen LogP contribution in [0.5, 0.6) is 0 Å². The lowest BCUT2D eigenvalue weighted by atomic mass is 9.56. The van der Waals surface area contributed by atoms with Crippen molar-refractivity contribution in [3.63, 3.8) is 0 Å². The number of hydrogen-bond donors (Lipinski definition) is 2. The lowest BCUT2D eigenvalue weighted by Crippen LogP contribution is -2.50. The first-order valence-corrected chi connectivity index (χ1v) is 11.0. The first kappa shape index (κ1) is 16.2. The minimum absolute atomic E-state index is 0.216. The van der Waals surface area contributed by atoms with Gasteiger partial charge in [-0.3, -0.25) is 4.57 Å². The normalized spacial score (nSPS) is 36.0. The summed E-state index contributed by atoms with van der Waals surface area (Å²) in [5.74, 6) is 2.93. The Morgan fingerprint density at radius 3 is 2.12 bits per heavy atom. The molecule has 24 heavy (non-hydrogen) atoms. The van der Waals surface area contributed by atoms with E-state index in [1.165, 1.54) is 32.1 Å². The molecule has 0 spiro atoms. The summed E-state index contributed by atoms with van der Waals surface area (Å²) in [4.78, 5) is 0. The van der Waals surface area contributed by atoms with Gasteiger partial charge in [-0.15, -0.1) is 0 Å². The minimum Gasteiger partial charge on any atom is -0.319 e. The highest BCUT2D eigenvalue weighted by molar-refractivity contribution is 7.64. The average molecular weight is 345 g/mol. The Hall–Kier alpha value is -1.28. The van der Waals surface area contributed by atoms with E-state index in [2.05, 4.69) is 15.4 Å². The van der Waals surface area contributed by atoms with Crippen LogP contribution in [0, 0.1) is 23.7 Å². The van der Waals surface area contributed by atoms with E-state index in [1.807, 2.05) is 44.2 Å². The van der Waals surface area contributed by atoms with E-state index in [4.69, 9.17) is 0 Å². The third kappa shape index (κ3) is 3.01. The van der Waals surface area contributed by atoms with Crippen LogP contribution >= 0.6 is 7.44 Å². The van der Waals surface area contributed by atoms with E-state index in [1.54, 1.807) is 0 Å². The second-order valence-corrected chi connectivity index (χ2v) is 10.6. The van der Waals surface area contributed by atoms with Gasteiger partial charge < -0.3 is 5.09 Å². The van der Waals surface area contributed by atoms with Gasteiger partial charge in [-0.25, -0.2) is 5.20 Å². The molecular weight excluding hydrogens is 317 g/mol. The van der Waals surface area contributed by atoms with Crippen molar-refractivity contribution in [2.45, 2.75) is 51.6 Å². The smallest absolute Gasteiger partial charge is 0.276 e. The summed E-state index contributed by atoms with van der Waals surface area (Å²) in [5.41, 5.74) is 2.05. The third-order valence-electron chi connectivity index (χ3n) is 6.09. The first-order valence-electron chi connectivity index (χ1n) is 9.25. The fourth-order valence-corrected chi connectivity index (χ4v) is 8.42. The maximum atomic E-state index is 14.0. The molecule has 0 radical (unpaired) electrons. The number of para-hydroxylation sites is 1. The largest absolute Gasteiger partial charge is 0.319 e. The van der Waals surface area contributed by atoms with Crippen LogP contribution < -0.4 is 10.3 Å². The van der Waals surface area contributed by atoms with Gasteiger partial charge in [0.15, 0.2) is 0 Å². The van der Waals surface area contributed by atoms with Crippen LogP contribution in [0.4, 0.5) is 5.69 Å². The van der Waals surface area contributed by atoms with Gasteiger partial charge in [-0.2, -0.15) is 5.10 Å². The summed E-state index contributed by atoms with van der Waals surface area (Å²) in [7, 11) is -2.84. The van der Waals surface area contributed by atoms with Crippen LogP contribution in [0.3, 0.4) is 0 Å². The highest BCUT2D eigenvalue weighted by atomic mass is 31.2. The van der Waals surface area contributed by atoms with Crippen molar-refractivity contribution in [2.24, 2.45) is 28.8 Å². The monoisotopic (exact) mass is 345 g/mol. The molecule has 1 unspecified atom stereocenters. The quantitative estimate of drug-likeness (QED) is 0.443. The van der Waals surface area contributed by atoms with Gasteiger partial charge in [0.25, 0.3) is 7.44 Å². The average Bonchev–Trinajstić information content (AvgIpc) is 2.53. The number of hydrazone groups is 1. The third-order valence-corrected chi connectivity index (χ3v) is 8.76. The number of benzene rings is 1. The van der Waals surface area contributed by atoms with Crippen molar-refractivity contribution in [3.8, 4) is 0 Å². The molecule has 5 heteroatoms. The van der Waals surface area contributed by atoms with Gasteiger partial charge in [0.2, 0.25) is 0 Å². The van der Waals surface area contributed by atoms with E-state index < -0.39 is 7.44 Å². The number of nitrogens with zero attached hydrogens (tertiary/aromatic N) is 1. The Labute approximate surface area is 145 Å². The Morgan fingerprint density at radius 2 is 1.58 bits per heavy atom. The summed E-state index contributed by atoms with van der Waals surface area (Å²) in [5, 5.41) is 10.8. The highest BCUT2D eigenvalue weighted by Crippen LogP contribution is 2.65. The van der Waals surface area contributed by atoms with Crippen molar-refractivity contribution >= 4 is 18.8 Å². The summed E-state index contributed by atoms with van der Waals surface area (Å²) in [6, 6.07) is 9.94. The molecule has 4 saturated carbocycles. The van der Waals surface area contributed by atoms with Crippen LogP contribution in [0.25, 0.3) is 0 Å². The van der Waals surface area contributed by atoms with Crippen molar-refractivity contribution in [1.29, 1.82) is 0 Å². The van der Waals surface area contributed by atoms with Crippen molar-refractivity contribution < 1.29 is 4.57 Å². The van der Waals surface area contributed by atoms with Crippen LogP contribution in [-0.2, 0) is 4.57 Å². The Morgan fingerprint density at radius 1 is 1.00 bits per heavy atom. The molecule has 0 saturated heterocycles. The predicted octanol–water partition coefficient (Wildman–Crippen LogP) is 5.10. The lowest BCUT2D eigenvalue weighted by molar-refractivity contribution is 0.0227. The molecule has 1 aromatic carbocycles. The highest BCUT2D eigenvalue weighted by Gasteiger charge is 2.55. The molecule has 130 valence electrons. The SMILES string of the molecule is CC(C)=NNP(=O)(Nc1ccccc1)C1C2CC3CC(C2)CC1C3. The standard InChI is InChI=1S/C19H28N3OP/c1-13(2)20-22-24(23,21-18-6-4-3-5-7-18)19-16-9-14-8-15(11-16)12-17(19)10-14/h3-7,14-17,19H,8-12H2,1-2H3,(H2,21,22,23). The Balaban J connectivity index is 1.65. The molecule has 4 aliphatic carbocycles. The summed E-state index contributed by atoms with van der Waals surface area (Å²) >= 11 is 0. The Kier molecular flexibility index (Phi) is 4.20. The van der Waals surface area contributed by atoms with Gasteiger partial charge in [0.05, 0.1) is 5.66 Å². The molecule has 1 aromatic rings. The zero-order valence-electron chi connectivity index (χ0n) is 14.6. The van der Waals surface area contributed by atoms with E-state index in [0.717, 1.165) is 23.2 Å². The van der Waals surface area contributed by atoms with Crippen LogP contribution in [0.15, 0.2) is 35.4 Å². The number of rotatable bonds is 5. The molecule has 0 heterocycles.